The van der Waals surface area contributed by atoms with Gasteiger partial charge in [0, 0.05) is 13.0 Å². The Morgan fingerprint density at radius 3 is 2.50 bits per heavy atom. The number of halogens is 2. The summed E-state index contributed by atoms with van der Waals surface area (Å²) in [5, 5.41) is 12.5. The monoisotopic (exact) mass is 335 g/mol. The first kappa shape index (κ1) is 17.9. The molecule has 2 aromatic rings. The second-order valence-corrected chi connectivity index (χ2v) is 5.34. The van der Waals surface area contributed by atoms with Crippen LogP contribution in [0.1, 0.15) is 23.7 Å². The highest BCUT2D eigenvalue weighted by atomic mass is 19.2. The highest BCUT2D eigenvalue weighted by Crippen LogP contribution is 2.16. The van der Waals surface area contributed by atoms with Crippen molar-refractivity contribution in [3.05, 3.63) is 65.2 Å². The van der Waals surface area contributed by atoms with Crippen LogP contribution in [-0.4, -0.2) is 24.7 Å². The number of nitrogens with one attached hydrogen (secondary N) is 1. The maximum Gasteiger partial charge on any atom is 0.220 e. The van der Waals surface area contributed by atoms with Gasteiger partial charge in [-0.2, -0.15) is 0 Å². The summed E-state index contributed by atoms with van der Waals surface area (Å²) in [7, 11) is 1.58. The molecule has 0 aliphatic carbocycles. The van der Waals surface area contributed by atoms with Crippen LogP contribution in [0.15, 0.2) is 42.5 Å². The molecule has 2 rings (SSSR count). The second-order valence-electron chi connectivity index (χ2n) is 5.34. The van der Waals surface area contributed by atoms with Gasteiger partial charge in [-0.15, -0.1) is 0 Å². The largest absolute Gasteiger partial charge is 0.497 e. The van der Waals surface area contributed by atoms with Gasteiger partial charge in [0.1, 0.15) is 5.75 Å². The second kappa shape index (κ2) is 8.40. The normalized spacial score (nSPS) is 11.8. The molecule has 0 aliphatic rings. The molecule has 1 amide bonds. The van der Waals surface area contributed by atoms with E-state index in [-0.39, 0.29) is 24.4 Å². The summed E-state index contributed by atoms with van der Waals surface area (Å²) in [4.78, 5) is 11.8. The maximum absolute atomic E-state index is 13.1. The fourth-order valence-electron chi connectivity index (χ4n) is 2.19. The predicted molar refractivity (Wildman–Crippen MR) is 85.6 cm³/mol. The predicted octanol–water partition coefficient (Wildman–Crippen LogP) is 2.76. The number of benzene rings is 2. The van der Waals surface area contributed by atoms with Crippen molar-refractivity contribution < 1.29 is 23.4 Å². The van der Waals surface area contributed by atoms with Crippen LogP contribution in [0.4, 0.5) is 8.78 Å². The Hall–Kier alpha value is -2.47. The van der Waals surface area contributed by atoms with Gasteiger partial charge in [-0.25, -0.2) is 8.78 Å². The number of aliphatic hydroxyl groups excluding tert-OH is 1. The molecule has 1 unspecified atom stereocenters. The fourth-order valence-corrected chi connectivity index (χ4v) is 2.19. The highest BCUT2D eigenvalue weighted by molar-refractivity contribution is 5.76. The number of hydrogen-bond acceptors (Lipinski definition) is 3. The Kier molecular flexibility index (Phi) is 6.26. The lowest BCUT2D eigenvalue weighted by molar-refractivity contribution is -0.121. The van der Waals surface area contributed by atoms with Gasteiger partial charge < -0.3 is 15.2 Å². The van der Waals surface area contributed by atoms with Crippen LogP contribution in [0.5, 0.6) is 5.75 Å². The van der Waals surface area contributed by atoms with Crippen LogP contribution in [0.25, 0.3) is 0 Å². The van der Waals surface area contributed by atoms with Crippen LogP contribution in [0, 0.1) is 11.6 Å². The molecule has 0 aromatic heterocycles. The van der Waals surface area contributed by atoms with E-state index in [2.05, 4.69) is 5.32 Å². The van der Waals surface area contributed by atoms with Gasteiger partial charge >= 0.3 is 0 Å². The summed E-state index contributed by atoms with van der Waals surface area (Å²) in [6, 6.07) is 10.5. The van der Waals surface area contributed by atoms with Gasteiger partial charge in [-0.3, -0.25) is 4.79 Å². The Morgan fingerprint density at radius 2 is 1.88 bits per heavy atom. The molecule has 0 spiro atoms. The topological polar surface area (TPSA) is 58.6 Å². The number of aliphatic hydroxyl groups is 1. The molecule has 6 heteroatoms. The van der Waals surface area contributed by atoms with Crippen LogP contribution in [0.3, 0.4) is 0 Å². The van der Waals surface area contributed by atoms with E-state index in [1.165, 1.54) is 6.07 Å². The third-order valence-electron chi connectivity index (χ3n) is 3.62. The summed E-state index contributed by atoms with van der Waals surface area (Å²) in [6.45, 7) is -0.0630. The van der Waals surface area contributed by atoms with E-state index in [9.17, 15) is 18.7 Å². The van der Waals surface area contributed by atoms with Crippen LogP contribution >= 0.6 is 0 Å². The first-order valence-corrected chi connectivity index (χ1v) is 7.52. The van der Waals surface area contributed by atoms with Crippen molar-refractivity contribution in [3.63, 3.8) is 0 Å². The van der Waals surface area contributed by atoms with Crippen LogP contribution in [0.2, 0.25) is 0 Å². The molecule has 128 valence electrons. The van der Waals surface area contributed by atoms with E-state index in [1.54, 1.807) is 7.11 Å². The fraction of sp³-hybridized carbons (Fsp3) is 0.278. The van der Waals surface area contributed by atoms with Gasteiger partial charge in [-0.1, -0.05) is 18.2 Å². The minimum atomic E-state index is -1.09. The van der Waals surface area contributed by atoms with Crippen molar-refractivity contribution in [2.45, 2.75) is 18.9 Å². The lowest BCUT2D eigenvalue weighted by atomic mass is 10.1. The molecule has 0 aliphatic heterocycles. The summed E-state index contributed by atoms with van der Waals surface area (Å²) < 4.78 is 31.0. The van der Waals surface area contributed by atoms with Gasteiger partial charge in [-0.05, 0) is 41.8 Å². The lowest BCUT2D eigenvalue weighted by Gasteiger charge is -2.12. The van der Waals surface area contributed by atoms with Gasteiger partial charge in [0.2, 0.25) is 5.91 Å². The minimum Gasteiger partial charge on any atom is -0.497 e. The zero-order valence-corrected chi connectivity index (χ0v) is 13.3. The van der Waals surface area contributed by atoms with Crippen molar-refractivity contribution in [1.29, 1.82) is 0 Å². The van der Waals surface area contributed by atoms with Gasteiger partial charge in [0.25, 0.3) is 0 Å². The third-order valence-corrected chi connectivity index (χ3v) is 3.62. The SMILES string of the molecule is COc1ccc(CCC(=O)NCC(O)c2ccc(F)c(F)c2)cc1. The highest BCUT2D eigenvalue weighted by Gasteiger charge is 2.12. The van der Waals surface area contributed by atoms with Crippen molar-refractivity contribution in [2.24, 2.45) is 0 Å². The van der Waals surface area contributed by atoms with Crippen LogP contribution < -0.4 is 10.1 Å². The molecule has 24 heavy (non-hydrogen) atoms. The molecule has 0 saturated carbocycles. The molecule has 0 fully saturated rings. The van der Waals surface area contributed by atoms with Crippen molar-refractivity contribution in [2.75, 3.05) is 13.7 Å². The number of carbonyl (C=O) groups is 1. The Bertz CT molecular complexity index is 689. The Balaban J connectivity index is 1.78. The van der Waals surface area contributed by atoms with Crippen LogP contribution in [-0.2, 0) is 11.2 Å². The molecule has 1 atom stereocenters. The smallest absolute Gasteiger partial charge is 0.220 e. The summed E-state index contributed by atoms with van der Waals surface area (Å²) >= 11 is 0. The standard InChI is InChI=1S/C18H19F2NO3/c1-24-14-6-2-12(3-7-14)4-9-18(23)21-11-17(22)13-5-8-15(19)16(20)10-13/h2-3,5-8,10,17,22H,4,9,11H2,1H3,(H,21,23). The Morgan fingerprint density at radius 1 is 1.17 bits per heavy atom. The van der Waals surface area contributed by atoms with E-state index in [4.69, 9.17) is 4.74 Å². The number of hydrogen-bond donors (Lipinski definition) is 2. The molecule has 2 aromatic carbocycles. The number of ether oxygens (including phenoxy) is 1. The molecular formula is C18H19F2NO3. The minimum absolute atomic E-state index is 0.0630. The zero-order valence-electron chi connectivity index (χ0n) is 13.3. The van der Waals surface area contributed by atoms with Gasteiger partial charge in [0.05, 0.1) is 13.2 Å². The number of methoxy groups -OCH3 is 1. The molecule has 2 N–H and O–H groups in total. The summed E-state index contributed by atoms with van der Waals surface area (Å²) in [5.74, 6) is -1.49. The summed E-state index contributed by atoms with van der Waals surface area (Å²) in [6.07, 6.45) is -0.279. The molecule has 4 nitrogen and oxygen atoms in total. The third kappa shape index (κ3) is 5.03. The maximum atomic E-state index is 13.1. The number of amides is 1. The molecule has 0 radical (unpaired) electrons. The lowest BCUT2D eigenvalue weighted by Crippen LogP contribution is -2.28. The Labute approximate surface area is 139 Å². The van der Waals surface area contributed by atoms with Crippen molar-refractivity contribution >= 4 is 5.91 Å². The van der Waals surface area contributed by atoms with Crippen molar-refractivity contribution in [1.82, 2.24) is 5.32 Å². The number of carbonyl (C=O) groups excluding carboxylic acids is 1. The number of aryl methyl sites for hydroxylation is 1. The summed E-state index contributed by atoms with van der Waals surface area (Å²) in [5.41, 5.74) is 1.21. The van der Waals surface area contributed by atoms with Crippen molar-refractivity contribution in [3.8, 4) is 5.75 Å². The van der Waals surface area contributed by atoms with E-state index in [0.29, 0.717) is 6.42 Å². The van der Waals surface area contributed by atoms with E-state index in [0.717, 1.165) is 23.4 Å². The van der Waals surface area contributed by atoms with Gasteiger partial charge in [0.15, 0.2) is 11.6 Å². The molecular weight excluding hydrogens is 316 g/mol. The molecule has 0 heterocycles. The zero-order chi connectivity index (χ0) is 17.5. The van der Waals surface area contributed by atoms with E-state index < -0.39 is 17.7 Å². The molecule has 0 bridgehead atoms. The first-order chi connectivity index (χ1) is 11.5. The average Bonchev–Trinajstić information content (AvgIpc) is 2.60. The average molecular weight is 335 g/mol. The van der Waals surface area contributed by atoms with E-state index >= 15 is 0 Å². The molecule has 0 saturated heterocycles. The first-order valence-electron chi connectivity index (χ1n) is 7.52. The van der Waals surface area contributed by atoms with E-state index in [1.807, 2.05) is 24.3 Å². The quantitative estimate of drug-likeness (QED) is 0.818. The number of rotatable bonds is 7.